The number of hydrogen-bond acceptors (Lipinski definition) is 2. The van der Waals surface area contributed by atoms with Gasteiger partial charge in [0.25, 0.3) is 0 Å². The number of benzene rings is 2. The van der Waals surface area contributed by atoms with Gasteiger partial charge in [-0.25, -0.2) is 4.39 Å². The molecule has 0 aliphatic carbocycles. The van der Waals surface area contributed by atoms with Crippen molar-refractivity contribution >= 4 is 5.78 Å². The number of carbonyl (C=O) groups excluding carboxylic acids is 1. The van der Waals surface area contributed by atoms with Crippen LogP contribution in [0, 0.1) is 29.5 Å². The van der Waals surface area contributed by atoms with Gasteiger partial charge in [0, 0.05) is 11.1 Å². The standard InChI is InChI=1S/C19H13FO2/c20-18-11-8-17(9-12-18)10-13-19(21)15-22-14-4-7-16-5-2-1-3-6-16/h1-3,5-6,8-9,11-12H,14-15H2. The SMILES string of the molecule is O=C(C#Cc1ccc(F)cc1)COCC#Cc1ccccc1. The molecule has 0 unspecified atom stereocenters. The summed E-state index contributed by atoms with van der Waals surface area (Å²) in [6.07, 6.45) is 0. The van der Waals surface area contributed by atoms with Crippen molar-refractivity contribution in [1.82, 2.24) is 0 Å². The summed E-state index contributed by atoms with van der Waals surface area (Å²) in [7, 11) is 0. The Morgan fingerprint density at radius 3 is 2.36 bits per heavy atom. The molecule has 0 saturated carbocycles. The van der Waals surface area contributed by atoms with Crippen LogP contribution in [0.3, 0.4) is 0 Å². The third-order valence-corrected chi connectivity index (χ3v) is 2.60. The molecule has 2 aromatic carbocycles. The summed E-state index contributed by atoms with van der Waals surface area (Å²) in [6.45, 7) is 0.0521. The number of rotatable bonds is 3. The maximum absolute atomic E-state index is 12.7. The van der Waals surface area contributed by atoms with Gasteiger partial charge in [0.15, 0.2) is 0 Å². The summed E-state index contributed by atoms with van der Waals surface area (Å²) < 4.78 is 17.8. The van der Waals surface area contributed by atoms with Gasteiger partial charge in [-0.1, -0.05) is 36.0 Å². The minimum absolute atomic E-state index is 0.113. The van der Waals surface area contributed by atoms with E-state index in [1.165, 1.54) is 24.3 Å². The van der Waals surface area contributed by atoms with Gasteiger partial charge in [-0.15, -0.1) is 0 Å². The molecule has 0 N–H and O–H groups in total. The van der Waals surface area contributed by atoms with Gasteiger partial charge in [-0.05, 0) is 42.3 Å². The fraction of sp³-hybridized carbons (Fsp3) is 0.105. The third kappa shape index (κ3) is 5.63. The first-order valence-electron chi connectivity index (χ1n) is 6.66. The molecular weight excluding hydrogens is 279 g/mol. The molecule has 0 aromatic heterocycles. The van der Waals surface area contributed by atoms with Crippen molar-refractivity contribution in [2.45, 2.75) is 0 Å². The molecule has 0 atom stereocenters. The lowest BCUT2D eigenvalue weighted by atomic mass is 10.2. The Balaban J connectivity index is 1.75. The van der Waals surface area contributed by atoms with E-state index in [1.807, 2.05) is 30.3 Å². The van der Waals surface area contributed by atoms with Gasteiger partial charge in [-0.3, -0.25) is 4.79 Å². The molecule has 22 heavy (non-hydrogen) atoms. The number of Topliss-reactive ketones (excluding diaryl/α,β-unsaturated/α-hetero) is 1. The van der Waals surface area contributed by atoms with Gasteiger partial charge in [0.2, 0.25) is 5.78 Å². The molecule has 2 aromatic rings. The van der Waals surface area contributed by atoms with Crippen molar-refractivity contribution in [3.05, 3.63) is 71.5 Å². The summed E-state index contributed by atoms with van der Waals surface area (Å²) in [5.74, 6) is 10.2. The van der Waals surface area contributed by atoms with E-state index in [0.717, 1.165) is 5.56 Å². The van der Waals surface area contributed by atoms with Gasteiger partial charge in [0.1, 0.15) is 19.0 Å². The lowest BCUT2D eigenvalue weighted by Crippen LogP contribution is -2.06. The molecule has 0 spiro atoms. The fourth-order valence-corrected chi connectivity index (χ4v) is 1.57. The minimum Gasteiger partial charge on any atom is -0.360 e. The second-order valence-corrected chi connectivity index (χ2v) is 4.34. The highest BCUT2D eigenvalue weighted by Gasteiger charge is 1.96. The van der Waals surface area contributed by atoms with E-state index in [9.17, 15) is 9.18 Å². The van der Waals surface area contributed by atoms with Crippen molar-refractivity contribution in [2.24, 2.45) is 0 Å². The molecule has 0 aliphatic heterocycles. The maximum Gasteiger partial charge on any atom is 0.231 e. The van der Waals surface area contributed by atoms with Crippen LogP contribution in [0.5, 0.6) is 0 Å². The lowest BCUT2D eigenvalue weighted by molar-refractivity contribution is -0.117. The first kappa shape index (κ1) is 15.5. The molecule has 0 aliphatic rings. The summed E-state index contributed by atoms with van der Waals surface area (Å²) in [4.78, 5) is 11.5. The highest BCUT2D eigenvalue weighted by Crippen LogP contribution is 2.00. The first-order valence-corrected chi connectivity index (χ1v) is 6.66. The van der Waals surface area contributed by atoms with Gasteiger partial charge in [-0.2, -0.15) is 0 Å². The third-order valence-electron chi connectivity index (χ3n) is 2.60. The van der Waals surface area contributed by atoms with Crippen molar-refractivity contribution in [3.8, 4) is 23.7 Å². The van der Waals surface area contributed by atoms with E-state index in [2.05, 4.69) is 23.7 Å². The Hall–Kier alpha value is -2.88. The van der Waals surface area contributed by atoms with E-state index in [4.69, 9.17) is 4.74 Å². The van der Waals surface area contributed by atoms with Crippen LogP contribution in [0.2, 0.25) is 0 Å². The first-order chi connectivity index (χ1) is 10.7. The topological polar surface area (TPSA) is 26.3 Å². The van der Waals surface area contributed by atoms with Crippen LogP contribution < -0.4 is 0 Å². The molecule has 0 fully saturated rings. The second kappa shape index (κ2) is 8.42. The van der Waals surface area contributed by atoms with Crippen LogP contribution in [0.4, 0.5) is 4.39 Å². The van der Waals surface area contributed by atoms with E-state index in [-0.39, 0.29) is 24.8 Å². The summed E-state index contributed by atoms with van der Waals surface area (Å²) >= 11 is 0. The van der Waals surface area contributed by atoms with E-state index < -0.39 is 0 Å². The Kier molecular flexibility index (Phi) is 5.93. The number of ether oxygens (including phenoxy) is 1. The van der Waals surface area contributed by atoms with Gasteiger partial charge >= 0.3 is 0 Å². The van der Waals surface area contributed by atoms with Crippen LogP contribution >= 0.6 is 0 Å². The van der Waals surface area contributed by atoms with Crippen molar-refractivity contribution in [1.29, 1.82) is 0 Å². The molecule has 3 heteroatoms. The second-order valence-electron chi connectivity index (χ2n) is 4.34. The number of ketones is 1. The van der Waals surface area contributed by atoms with E-state index in [1.54, 1.807) is 0 Å². The van der Waals surface area contributed by atoms with Crippen molar-refractivity contribution in [2.75, 3.05) is 13.2 Å². The molecular formula is C19H13FO2. The molecule has 0 saturated heterocycles. The molecule has 0 heterocycles. The Morgan fingerprint density at radius 2 is 1.64 bits per heavy atom. The molecule has 0 bridgehead atoms. The number of halogens is 1. The van der Waals surface area contributed by atoms with E-state index in [0.29, 0.717) is 5.56 Å². The molecule has 2 rings (SSSR count). The van der Waals surface area contributed by atoms with Crippen LogP contribution in [-0.2, 0) is 9.53 Å². The number of carbonyl (C=O) groups is 1. The predicted molar refractivity (Wildman–Crippen MR) is 82.4 cm³/mol. The van der Waals surface area contributed by atoms with Gasteiger partial charge < -0.3 is 4.74 Å². The summed E-state index contributed by atoms with van der Waals surface area (Å²) in [5.41, 5.74) is 1.48. The van der Waals surface area contributed by atoms with Crippen LogP contribution in [0.25, 0.3) is 0 Å². The number of hydrogen-bond donors (Lipinski definition) is 0. The Morgan fingerprint density at radius 1 is 0.955 bits per heavy atom. The minimum atomic E-state index is -0.342. The quantitative estimate of drug-likeness (QED) is 0.642. The lowest BCUT2D eigenvalue weighted by Gasteiger charge is -1.93. The average molecular weight is 292 g/mol. The van der Waals surface area contributed by atoms with Gasteiger partial charge in [0.05, 0.1) is 0 Å². The van der Waals surface area contributed by atoms with Crippen LogP contribution in [0.1, 0.15) is 11.1 Å². The Bertz CT molecular complexity index is 741. The van der Waals surface area contributed by atoms with Crippen LogP contribution in [-0.4, -0.2) is 19.0 Å². The maximum atomic E-state index is 12.7. The zero-order chi connectivity index (χ0) is 15.6. The normalized spacial score (nSPS) is 9.14. The Labute approximate surface area is 128 Å². The highest BCUT2D eigenvalue weighted by molar-refractivity contribution is 5.97. The zero-order valence-electron chi connectivity index (χ0n) is 11.8. The summed E-state index contributed by atoms with van der Waals surface area (Å²) in [5, 5.41) is 0. The summed E-state index contributed by atoms with van der Waals surface area (Å²) in [6, 6.07) is 15.1. The predicted octanol–water partition coefficient (Wildman–Crippen LogP) is 2.81. The molecule has 2 nitrogen and oxygen atoms in total. The highest BCUT2D eigenvalue weighted by atomic mass is 19.1. The smallest absolute Gasteiger partial charge is 0.231 e. The average Bonchev–Trinajstić information content (AvgIpc) is 2.55. The molecule has 0 amide bonds. The van der Waals surface area contributed by atoms with Crippen molar-refractivity contribution in [3.63, 3.8) is 0 Å². The monoisotopic (exact) mass is 292 g/mol. The van der Waals surface area contributed by atoms with Crippen LogP contribution in [0.15, 0.2) is 54.6 Å². The van der Waals surface area contributed by atoms with E-state index >= 15 is 0 Å². The largest absolute Gasteiger partial charge is 0.360 e. The van der Waals surface area contributed by atoms with Crippen molar-refractivity contribution < 1.29 is 13.9 Å². The fourth-order valence-electron chi connectivity index (χ4n) is 1.57. The zero-order valence-corrected chi connectivity index (χ0v) is 11.8. The molecule has 108 valence electrons. The molecule has 0 radical (unpaired) electrons.